The standard InChI is InChI=1S/C12H25B/c1-5-6-8-11(2)9-7-10-12(3,4)13/h11H,5-10H2,1-4H3. The molecular weight excluding hydrogens is 155 g/mol. The fraction of sp³-hybridized carbons (Fsp3) is 1.00. The van der Waals surface area contributed by atoms with Crippen LogP contribution in [0.25, 0.3) is 0 Å². The van der Waals surface area contributed by atoms with Crippen LogP contribution in [0.1, 0.15) is 66.2 Å². The Morgan fingerprint density at radius 2 is 1.69 bits per heavy atom. The van der Waals surface area contributed by atoms with Gasteiger partial charge in [0, 0.05) is 0 Å². The highest BCUT2D eigenvalue weighted by molar-refractivity contribution is 6.14. The average Bonchev–Trinajstić information content (AvgIpc) is 1.98. The van der Waals surface area contributed by atoms with Gasteiger partial charge in [0.2, 0.25) is 0 Å². The first kappa shape index (κ1) is 13.1. The summed E-state index contributed by atoms with van der Waals surface area (Å²) in [6.45, 7) is 8.85. The summed E-state index contributed by atoms with van der Waals surface area (Å²) in [6.07, 6.45) is 7.89. The van der Waals surface area contributed by atoms with Crippen molar-refractivity contribution in [1.82, 2.24) is 0 Å². The molecular formula is C12H25B. The third-order valence-electron chi connectivity index (χ3n) is 2.57. The molecule has 2 radical (unpaired) electrons. The zero-order valence-corrected chi connectivity index (χ0v) is 9.90. The number of unbranched alkanes of at least 4 members (excludes halogenated alkanes) is 1. The summed E-state index contributed by atoms with van der Waals surface area (Å²) in [6, 6.07) is 0. The Hall–Kier alpha value is 0.0649. The van der Waals surface area contributed by atoms with Crippen LogP contribution in [0.3, 0.4) is 0 Å². The maximum Gasteiger partial charge on any atom is 0.0738 e. The summed E-state index contributed by atoms with van der Waals surface area (Å²) in [5.41, 5.74) is 0. The van der Waals surface area contributed by atoms with Crippen LogP contribution in [-0.2, 0) is 0 Å². The van der Waals surface area contributed by atoms with Crippen molar-refractivity contribution in [3.05, 3.63) is 0 Å². The Kier molecular flexibility index (Phi) is 6.54. The summed E-state index contributed by atoms with van der Waals surface area (Å²) in [5, 5.41) is 0.0322. The molecule has 0 aromatic carbocycles. The fourth-order valence-corrected chi connectivity index (χ4v) is 1.60. The third-order valence-corrected chi connectivity index (χ3v) is 2.57. The zero-order valence-electron chi connectivity index (χ0n) is 9.90. The fourth-order valence-electron chi connectivity index (χ4n) is 1.60. The van der Waals surface area contributed by atoms with E-state index in [9.17, 15) is 0 Å². The van der Waals surface area contributed by atoms with Gasteiger partial charge in [0.05, 0.1) is 7.85 Å². The van der Waals surface area contributed by atoms with Crippen molar-refractivity contribution >= 4 is 7.85 Å². The lowest BCUT2D eigenvalue weighted by molar-refractivity contribution is 0.431. The Morgan fingerprint density at radius 3 is 2.15 bits per heavy atom. The van der Waals surface area contributed by atoms with Gasteiger partial charge in [-0.05, 0) is 5.92 Å². The molecule has 0 nitrogen and oxygen atoms in total. The molecule has 0 N–H and O–H groups in total. The van der Waals surface area contributed by atoms with Gasteiger partial charge in [0.1, 0.15) is 0 Å². The topological polar surface area (TPSA) is 0 Å². The highest BCUT2D eigenvalue weighted by Crippen LogP contribution is 2.27. The predicted molar refractivity (Wildman–Crippen MR) is 62.3 cm³/mol. The molecule has 76 valence electrons. The molecule has 1 heteroatoms. The zero-order chi connectivity index (χ0) is 10.3. The molecule has 0 amide bonds. The van der Waals surface area contributed by atoms with E-state index in [2.05, 4.69) is 27.7 Å². The predicted octanol–water partition coefficient (Wildman–Crippen LogP) is 4.35. The van der Waals surface area contributed by atoms with E-state index in [1.165, 1.54) is 32.1 Å². The monoisotopic (exact) mass is 180 g/mol. The van der Waals surface area contributed by atoms with Crippen LogP contribution in [0.15, 0.2) is 0 Å². The van der Waals surface area contributed by atoms with Gasteiger partial charge in [0.25, 0.3) is 0 Å². The van der Waals surface area contributed by atoms with E-state index in [0.29, 0.717) is 0 Å². The van der Waals surface area contributed by atoms with Crippen LogP contribution in [0.2, 0.25) is 5.31 Å². The lowest BCUT2D eigenvalue weighted by Crippen LogP contribution is -2.03. The van der Waals surface area contributed by atoms with Gasteiger partial charge in [-0.2, -0.15) is 0 Å². The molecule has 0 aromatic heterocycles. The van der Waals surface area contributed by atoms with E-state index in [-0.39, 0.29) is 5.31 Å². The second-order valence-electron chi connectivity index (χ2n) is 5.13. The van der Waals surface area contributed by atoms with Crippen LogP contribution < -0.4 is 0 Å². The molecule has 0 fully saturated rings. The lowest BCUT2D eigenvalue weighted by Gasteiger charge is -2.19. The summed E-state index contributed by atoms with van der Waals surface area (Å²) in [4.78, 5) is 0. The van der Waals surface area contributed by atoms with E-state index in [1.54, 1.807) is 0 Å². The molecule has 0 aliphatic heterocycles. The first-order valence-corrected chi connectivity index (χ1v) is 5.74. The summed E-state index contributed by atoms with van der Waals surface area (Å²) >= 11 is 0. The Labute approximate surface area is 85.9 Å². The van der Waals surface area contributed by atoms with Crippen molar-refractivity contribution in [3.63, 3.8) is 0 Å². The SMILES string of the molecule is [B]C(C)(C)CCCC(C)CCCC. The molecule has 0 rings (SSSR count). The van der Waals surface area contributed by atoms with E-state index in [1.807, 2.05) is 0 Å². The Morgan fingerprint density at radius 1 is 1.15 bits per heavy atom. The molecule has 0 heterocycles. The minimum atomic E-state index is 0.0322. The van der Waals surface area contributed by atoms with Crippen molar-refractivity contribution in [2.24, 2.45) is 5.92 Å². The van der Waals surface area contributed by atoms with E-state index < -0.39 is 0 Å². The van der Waals surface area contributed by atoms with Crippen molar-refractivity contribution in [3.8, 4) is 0 Å². The minimum Gasteiger partial charge on any atom is -0.0716 e. The van der Waals surface area contributed by atoms with Crippen molar-refractivity contribution in [2.45, 2.75) is 71.5 Å². The van der Waals surface area contributed by atoms with E-state index >= 15 is 0 Å². The van der Waals surface area contributed by atoms with E-state index in [4.69, 9.17) is 7.85 Å². The van der Waals surface area contributed by atoms with Crippen LogP contribution >= 0.6 is 0 Å². The van der Waals surface area contributed by atoms with Crippen molar-refractivity contribution in [2.75, 3.05) is 0 Å². The van der Waals surface area contributed by atoms with Crippen LogP contribution in [0.4, 0.5) is 0 Å². The lowest BCUT2D eigenvalue weighted by atomic mass is 9.69. The van der Waals surface area contributed by atoms with Crippen molar-refractivity contribution in [1.29, 1.82) is 0 Å². The second kappa shape index (κ2) is 6.51. The quantitative estimate of drug-likeness (QED) is 0.511. The molecule has 0 aliphatic rings. The normalized spacial score (nSPS) is 14.5. The van der Waals surface area contributed by atoms with Crippen molar-refractivity contribution < 1.29 is 0 Å². The number of hydrogen-bond donors (Lipinski definition) is 0. The molecule has 0 bridgehead atoms. The van der Waals surface area contributed by atoms with Gasteiger partial charge in [0.15, 0.2) is 0 Å². The third kappa shape index (κ3) is 9.98. The highest BCUT2D eigenvalue weighted by atomic mass is 14.1. The molecule has 1 atom stereocenters. The minimum absolute atomic E-state index is 0.0322. The molecule has 0 aliphatic carbocycles. The smallest absolute Gasteiger partial charge is 0.0716 e. The molecule has 0 aromatic rings. The molecule has 1 unspecified atom stereocenters. The van der Waals surface area contributed by atoms with Gasteiger partial charge in [-0.25, -0.2) is 0 Å². The van der Waals surface area contributed by atoms with Gasteiger partial charge in [-0.1, -0.05) is 71.5 Å². The summed E-state index contributed by atoms with van der Waals surface area (Å²) in [7, 11) is 5.92. The second-order valence-corrected chi connectivity index (χ2v) is 5.13. The molecule has 0 spiro atoms. The van der Waals surface area contributed by atoms with Crippen LogP contribution in [-0.4, -0.2) is 7.85 Å². The summed E-state index contributed by atoms with van der Waals surface area (Å²) < 4.78 is 0. The maximum atomic E-state index is 5.92. The first-order valence-electron chi connectivity index (χ1n) is 5.74. The Bertz CT molecular complexity index is 113. The van der Waals surface area contributed by atoms with Gasteiger partial charge in [-0.3, -0.25) is 0 Å². The van der Waals surface area contributed by atoms with Crippen LogP contribution in [0, 0.1) is 5.92 Å². The average molecular weight is 180 g/mol. The molecule has 0 saturated carbocycles. The van der Waals surface area contributed by atoms with Gasteiger partial charge < -0.3 is 0 Å². The van der Waals surface area contributed by atoms with E-state index in [0.717, 1.165) is 12.3 Å². The largest absolute Gasteiger partial charge is 0.0738 e. The first-order chi connectivity index (χ1) is 5.95. The number of hydrogen-bond acceptors (Lipinski definition) is 0. The van der Waals surface area contributed by atoms with Crippen LogP contribution in [0.5, 0.6) is 0 Å². The Balaban J connectivity index is 3.31. The number of rotatable bonds is 7. The summed E-state index contributed by atoms with van der Waals surface area (Å²) in [5.74, 6) is 0.891. The highest BCUT2D eigenvalue weighted by Gasteiger charge is 2.10. The van der Waals surface area contributed by atoms with Gasteiger partial charge in [-0.15, -0.1) is 0 Å². The molecule has 13 heavy (non-hydrogen) atoms. The maximum absolute atomic E-state index is 5.92. The molecule has 0 saturated heterocycles. The van der Waals surface area contributed by atoms with Gasteiger partial charge >= 0.3 is 0 Å².